The minimum absolute atomic E-state index is 0.0257. The first-order valence-corrected chi connectivity index (χ1v) is 6.00. The molecule has 0 atom stereocenters. The third kappa shape index (κ3) is 3.42. The molecule has 0 fully saturated rings. The maximum atomic E-state index is 12.0. The van der Waals surface area contributed by atoms with Crippen LogP contribution in [0.4, 0.5) is 14.5 Å². The molecule has 0 aliphatic carbocycles. The van der Waals surface area contributed by atoms with Crippen LogP contribution in [0, 0.1) is 0 Å². The van der Waals surface area contributed by atoms with E-state index in [0.717, 1.165) is 5.56 Å². The van der Waals surface area contributed by atoms with E-state index < -0.39 is 15.8 Å². The van der Waals surface area contributed by atoms with Crippen molar-refractivity contribution in [3.8, 4) is 0 Å². The summed E-state index contributed by atoms with van der Waals surface area (Å²) in [6.07, 6.45) is 0.432. The zero-order valence-corrected chi connectivity index (χ0v) is 9.05. The Morgan fingerprint density at radius 1 is 1.25 bits per heavy atom. The molecule has 0 unspecified atom stereocenters. The molecule has 16 heavy (non-hydrogen) atoms. The number of hydrogen-bond acceptors (Lipinski definition) is 3. The molecule has 0 saturated heterocycles. The highest BCUT2D eigenvalue weighted by atomic mass is 32.2. The van der Waals surface area contributed by atoms with Crippen molar-refractivity contribution in [2.24, 2.45) is 0 Å². The van der Waals surface area contributed by atoms with Crippen molar-refractivity contribution >= 4 is 15.7 Å². The summed E-state index contributed by atoms with van der Waals surface area (Å²) >= 11 is 0. The zero-order valence-electron chi connectivity index (χ0n) is 8.23. The quantitative estimate of drug-likeness (QED) is 0.826. The van der Waals surface area contributed by atoms with Gasteiger partial charge in [-0.3, -0.25) is 4.72 Å². The third-order valence-corrected chi connectivity index (χ3v) is 2.84. The van der Waals surface area contributed by atoms with Crippen LogP contribution < -0.4 is 4.72 Å². The fraction of sp³-hybridized carbons (Fsp3) is 0.333. The van der Waals surface area contributed by atoms with Crippen molar-refractivity contribution in [2.45, 2.75) is 12.2 Å². The van der Waals surface area contributed by atoms with E-state index >= 15 is 0 Å². The predicted octanol–water partition coefficient (Wildman–Crippen LogP) is 1.19. The Morgan fingerprint density at radius 2 is 1.81 bits per heavy atom. The van der Waals surface area contributed by atoms with Crippen LogP contribution in [0.15, 0.2) is 24.3 Å². The van der Waals surface area contributed by atoms with Crippen LogP contribution in [0.1, 0.15) is 5.56 Å². The molecule has 4 nitrogen and oxygen atoms in total. The molecule has 7 heteroatoms. The molecule has 1 aromatic carbocycles. The lowest BCUT2D eigenvalue weighted by molar-refractivity contribution is 0.236. The van der Waals surface area contributed by atoms with Gasteiger partial charge in [0, 0.05) is 12.3 Å². The Morgan fingerprint density at radius 3 is 2.25 bits per heavy atom. The van der Waals surface area contributed by atoms with Crippen LogP contribution in [0.25, 0.3) is 0 Å². The van der Waals surface area contributed by atoms with Crippen molar-refractivity contribution in [1.82, 2.24) is 0 Å². The van der Waals surface area contributed by atoms with E-state index in [-0.39, 0.29) is 12.3 Å². The Bertz CT molecular complexity index is 431. The number of sulfonamides is 1. The molecule has 0 heterocycles. The van der Waals surface area contributed by atoms with Gasteiger partial charge in [-0.05, 0) is 24.1 Å². The van der Waals surface area contributed by atoms with Crippen molar-refractivity contribution in [3.63, 3.8) is 0 Å². The van der Waals surface area contributed by atoms with Crippen LogP contribution in [-0.4, -0.2) is 25.9 Å². The second-order valence-electron chi connectivity index (χ2n) is 3.08. The van der Waals surface area contributed by atoms with Crippen LogP contribution in [0.2, 0.25) is 0 Å². The lowest BCUT2D eigenvalue weighted by Crippen LogP contribution is -2.20. The average Bonchev–Trinajstić information content (AvgIpc) is 2.21. The summed E-state index contributed by atoms with van der Waals surface area (Å²) in [7, 11) is -4.61. The van der Waals surface area contributed by atoms with Crippen molar-refractivity contribution < 1.29 is 22.3 Å². The first-order chi connectivity index (χ1) is 7.45. The van der Waals surface area contributed by atoms with Crippen molar-refractivity contribution in [2.75, 3.05) is 11.3 Å². The normalized spacial score (nSPS) is 11.8. The predicted molar refractivity (Wildman–Crippen MR) is 55.8 cm³/mol. The minimum atomic E-state index is -4.61. The molecule has 0 amide bonds. The highest BCUT2D eigenvalue weighted by Crippen LogP contribution is 2.14. The summed E-state index contributed by atoms with van der Waals surface area (Å²) in [5, 5.41) is 8.64. The summed E-state index contributed by atoms with van der Waals surface area (Å²) in [4.78, 5) is 0. The van der Waals surface area contributed by atoms with E-state index in [0.29, 0.717) is 6.42 Å². The fourth-order valence-corrected chi connectivity index (χ4v) is 1.63. The molecule has 0 spiro atoms. The summed E-state index contributed by atoms with van der Waals surface area (Å²) in [5.41, 5.74) is 0.865. The summed E-state index contributed by atoms with van der Waals surface area (Å²) in [6.45, 7) is -0.0257. The highest BCUT2D eigenvalue weighted by molar-refractivity contribution is 7.93. The van der Waals surface area contributed by atoms with E-state index in [1.54, 1.807) is 16.9 Å². The van der Waals surface area contributed by atoms with Gasteiger partial charge in [0.15, 0.2) is 0 Å². The van der Waals surface area contributed by atoms with Gasteiger partial charge in [0.25, 0.3) is 10.0 Å². The lowest BCUT2D eigenvalue weighted by atomic mass is 10.1. The molecular weight excluding hydrogens is 240 g/mol. The number of benzene rings is 1. The molecule has 1 aromatic rings. The van der Waals surface area contributed by atoms with Gasteiger partial charge < -0.3 is 5.11 Å². The molecule has 2 N–H and O–H groups in total. The Labute approximate surface area is 92.0 Å². The van der Waals surface area contributed by atoms with Gasteiger partial charge in [-0.15, -0.1) is 0 Å². The molecule has 90 valence electrons. The first-order valence-electron chi connectivity index (χ1n) is 4.45. The van der Waals surface area contributed by atoms with Gasteiger partial charge in [0.05, 0.1) is 0 Å². The van der Waals surface area contributed by atoms with E-state index in [2.05, 4.69) is 0 Å². The smallest absolute Gasteiger partial charge is 0.355 e. The molecule has 0 radical (unpaired) electrons. The van der Waals surface area contributed by atoms with Gasteiger partial charge in [-0.1, -0.05) is 12.1 Å². The fourth-order valence-electron chi connectivity index (χ4n) is 1.08. The van der Waals surface area contributed by atoms with Crippen LogP contribution in [0.3, 0.4) is 0 Å². The number of hydrogen-bond donors (Lipinski definition) is 2. The summed E-state index contributed by atoms with van der Waals surface area (Å²) in [6, 6.07) is 5.84. The standard InChI is InChI=1S/C9H11F2NO3S/c10-9(11)16(14,15)12-8-3-1-7(2-4-8)5-6-13/h1-4,9,12-13H,5-6H2. The minimum Gasteiger partial charge on any atom is -0.396 e. The van der Waals surface area contributed by atoms with Crippen LogP contribution in [0.5, 0.6) is 0 Å². The van der Waals surface area contributed by atoms with Crippen LogP contribution >= 0.6 is 0 Å². The first kappa shape index (κ1) is 12.9. The largest absolute Gasteiger partial charge is 0.396 e. The third-order valence-electron chi connectivity index (χ3n) is 1.85. The lowest BCUT2D eigenvalue weighted by Gasteiger charge is -2.07. The van der Waals surface area contributed by atoms with Gasteiger partial charge in [-0.25, -0.2) is 8.42 Å². The van der Waals surface area contributed by atoms with Gasteiger partial charge >= 0.3 is 5.76 Å². The number of nitrogens with one attached hydrogen (secondary N) is 1. The average molecular weight is 251 g/mol. The molecule has 0 aromatic heterocycles. The van der Waals surface area contributed by atoms with Crippen molar-refractivity contribution in [1.29, 1.82) is 0 Å². The van der Waals surface area contributed by atoms with Gasteiger partial charge in [0.1, 0.15) is 0 Å². The van der Waals surface area contributed by atoms with E-state index in [1.165, 1.54) is 12.1 Å². The highest BCUT2D eigenvalue weighted by Gasteiger charge is 2.23. The number of alkyl halides is 2. The molecular formula is C9H11F2NO3S. The second kappa shape index (κ2) is 5.22. The monoisotopic (exact) mass is 251 g/mol. The van der Waals surface area contributed by atoms with Crippen LogP contribution in [-0.2, 0) is 16.4 Å². The van der Waals surface area contributed by atoms with E-state index in [1.807, 2.05) is 0 Å². The Kier molecular flexibility index (Phi) is 4.19. The maximum absolute atomic E-state index is 12.0. The summed E-state index contributed by atoms with van der Waals surface area (Å²) < 4.78 is 47.4. The zero-order chi connectivity index (χ0) is 12.2. The molecule has 0 aliphatic heterocycles. The number of aliphatic hydroxyl groups is 1. The van der Waals surface area contributed by atoms with E-state index in [4.69, 9.17) is 5.11 Å². The molecule has 0 aliphatic rings. The number of anilines is 1. The van der Waals surface area contributed by atoms with Crippen molar-refractivity contribution in [3.05, 3.63) is 29.8 Å². The number of rotatable bonds is 5. The number of halogens is 2. The van der Waals surface area contributed by atoms with Gasteiger partial charge in [-0.2, -0.15) is 8.78 Å². The molecule has 0 bridgehead atoms. The SMILES string of the molecule is O=S(=O)(Nc1ccc(CCO)cc1)C(F)F. The molecule has 0 saturated carbocycles. The Balaban J connectivity index is 2.76. The van der Waals surface area contributed by atoms with E-state index in [9.17, 15) is 17.2 Å². The topological polar surface area (TPSA) is 66.4 Å². The Hall–Kier alpha value is -1.21. The summed E-state index contributed by atoms with van der Waals surface area (Å²) in [5.74, 6) is -3.45. The maximum Gasteiger partial charge on any atom is 0.355 e. The molecule has 1 rings (SSSR count). The second-order valence-corrected chi connectivity index (χ2v) is 4.73. The number of aliphatic hydroxyl groups excluding tert-OH is 1. The van der Waals surface area contributed by atoms with Gasteiger partial charge in [0.2, 0.25) is 0 Å².